The van der Waals surface area contributed by atoms with Gasteiger partial charge in [-0.3, -0.25) is 4.79 Å². The molecule has 0 bridgehead atoms. The molecule has 0 aliphatic rings. The predicted molar refractivity (Wildman–Crippen MR) is 66.3 cm³/mol. The van der Waals surface area contributed by atoms with E-state index < -0.39 is 0 Å². The summed E-state index contributed by atoms with van der Waals surface area (Å²) < 4.78 is 15.3. The van der Waals surface area contributed by atoms with Gasteiger partial charge in [0.1, 0.15) is 12.3 Å². The van der Waals surface area contributed by atoms with Crippen LogP contribution in [0.15, 0.2) is 28.7 Å². The molecule has 0 atom stereocenters. The number of hydrogen-bond acceptors (Lipinski definition) is 4. The van der Waals surface area contributed by atoms with Crippen LogP contribution in [0.4, 0.5) is 0 Å². The van der Waals surface area contributed by atoms with Crippen molar-refractivity contribution >= 4 is 16.9 Å². The van der Waals surface area contributed by atoms with Gasteiger partial charge in [0.05, 0.1) is 6.61 Å². The fourth-order valence-electron chi connectivity index (χ4n) is 1.69. The molecular weight excluding hydrogens is 234 g/mol. The third kappa shape index (κ3) is 2.69. The Kier molecular flexibility index (Phi) is 3.96. The number of nitrogens with one attached hydrogen (secondary N) is 1. The first-order valence-electron chi connectivity index (χ1n) is 5.53. The Labute approximate surface area is 105 Å². The molecule has 1 N–H and O–H groups in total. The van der Waals surface area contributed by atoms with Crippen LogP contribution in [0.25, 0.3) is 11.0 Å². The Bertz CT molecular complexity index is 547. The standard InChI is InChI=1S/C13H15NO4/c1-16-7-9-3-4-11-10(5-9)6-12(18-11)13(15)14-8-17-2/h3-6H,7-8H2,1-2H3,(H,14,15). The maximum absolute atomic E-state index is 11.7. The normalized spacial score (nSPS) is 10.8. The maximum atomic E-state index is 11.7. The van der Waals surface area contributed by atoms with E-state index in [2.05, 4.69) is 5.32 Å². The van der Waals surface area contributed by atoms with Gasteiger partial charge in [0, 0.05) is 19.6 Å². The molecule has 0 unspecified atom stereocenters. The van der Waals surface area contributed by atoms with Crippen molar-refractivity contribution in [3.05, 3.63) is 35.6 Å². The van der Waals surface area contributed by atoms with Crippen molar-refractivity contribution in [2.75, 3.05) is 21.0 Å². The Morgan fingerprint density at radius 2 is 2.11 bits per heavy atom. The summed E-state index contributed by atoms with van der Waals surface area (Å²) in [4.78, 5) is 11.7. The van der Waals surface area contributed by atoms with Gasteiger partial charge in [0.15, 0.2) is 5.76 Å². The lowest BCUT2D eigenvalue weighted by Crippen LogP contribution is -2.24. The number of carbonyl (C=O) groups is 1. The second kappa shape index (κ2) is 5.66. The van der Waals surface area contributed by atoms with Crippen molar-refractivity contribution in [3.63, 3.8) is 0 Å². The number of amides is 1. The topological polar surface area (TPSA) is 60.7 Å². The molecule has 2 aromatic rings. The summed E-state index contributed by atoms with van der Waals surface area (Å²) in [5.74, 6) is -0.0158. The largest absolute Gasteiger partial charge is 0.451 e. The highest BCUT2D eigenvalue weighted by Crippen LogP contribution is 2.21. The zero-order valence-corrected chi connectivity index (χ0v) is 10.4. The summed E-state index contributed by atoms with van der Waals surface area (Å²) in [5.41, 5.74) is 1.71. The number of furan rings is 1. The van der Waals surface area contributed by atoms with Gasteiger partial charge in [-0.1, -0.05) is 6.07 Å². The molecule has 1 amide bonds. The highest BCUT2D eigenvalue weighted by molar-refractivity contribution is 5.96. The first-order valence-corrected chi connectivity index (χ1v) is 5.53. The molecule has 0 aliphatic carbocycles. The first-order chi connectivity index (χ1) is 8.74. The highest BCUT2D eigenvalue weighted by Gasteiger charge is 2.11. The first kappa shape index (κ1) is 12.6. The highest BCUT2D eigenvalue weighted by atomic mass is 16.5. The molecule has 96 valence electrons. The molecule has 0 radical (unpaired) electrons. The molecule has 0 saturated carbocycles. The number of hydrogen-bond donors (Lipinski definition) is 1. The maximum Gasteiger partial charge on any atom is 0.288 e. The van der Waals surface area contributed by atoms with E-state index in [0.29, 0.717) is 12.2 Å². The van der Waals surface area contributed by atoms with Crippen molar-refractivity contribution in [3.8, 4) is 0 Å². The average molecular weight is 249 g/mol. The molecule has 0 saturated heterocycles. The fourth-order valence-corrected chi connectivity index (χ4v) is 1.69. The van der Waals surface area contributed by atoms with Gasteiger partial charge in [-0.2, -0.15) is 0 Å². The molecule has 5 nitrogen and oxygen atoms in total. The van der Waals surface area contributed by atoms with Crippen LogP contribution in [0.2, 0.25) is 0 Å². The lowest BCUT2D eigenvalue weighted by atomic mass is 10.2. The Hall–Kier alpha value is -1.85. The minimum absolute atomic E-state index is 0.158. The molecule has 0 aliphatic heterocycles. The molecular formula is C13H15NO4. The number of carbonyl (C=O) groups excluding carboxylic acids is 1. The van der Waals surface area contributed by atoms with Gasteiger partial charge in [0.25, 0.3) is 5.91 Å². The van der Waals surface area contributed by atoms with Crippen molar-refractivity contribution in [1.29, 1.82) is 0 Å². The summed E-state index contributed by atoms with van der Waals surface area (Å²) >= 11 is 0. The zero-order valence-electron chi connectivity index (χ0n) is 10.4. The second-order valence-corrected chi connectivity index (χ2v) is 3.85. The zero-order chi connectivity index (χ0) is 13.0. The number of benzene rings is 1. The van der Waals surface area contributed by atoms with Crippen molar-refractivity contribution in [1.82, 2.24) is 5.32 Å². The number of ether oxygens (including phenoxy) is 2. The van der Waals surface area contributed by atoms with Crippen LogP contribution in [-0.4, -0.2) is 26.9 Å². The van der Waals surface area contributed by atoms with Gasteiger partial charge in [0.2, 0.25) is 0 Å². The quantitative estimate of drug-likeness (QED) is 0.822. The summed E-state index contributed by atoms with van der Waals surface area (Å²) in [7, 11) is 3.15. The van der Waals surface area contributed by atoms with Crippen LogP contribution in [0.5, 0.6) is 0 Å². The SMILES string of the molecule is COCNC(=O)c1cc2cc(COC)ccc2o1. The van der Waals surface area contributed by atoms with Gasteiger partial charge >= 0.3 is 0 Å². The number of methoxy groups -OCH3 is 2. The van der Waals surface area contributed by atoms with Gasteiger partial charge in [-0.05, 0) is 23.8 Å². The average Bonchev–Trinajstić information content (AvgIpc) is 2.79. The van der Waals surface area contributed by atoms with Gasteiger partial charge < -0.3 is 19.2 Å². The van der Waals surface area contributed by atoms with E-state index in [9.17, 15) is 4.79 Å². The second-order valence-electron chi connectivity index (χ2n) is 3.85. The monoisotopic (exact) mass is 249 g/mol. The Morgan fingerprint density at radius 1 is 1.28 bits per heavy atom. The van der Waals surface area contributed by atoms with E-state index >= 15 is 0 Å². The van der Waals surface area contributed by atoms with E-state index in [0.717, 1.165) is 10.9 Å². The summed E-state index contributed by atoms with van der Waals surface area (Å²) in [6.45, 7) is 0.692. The molecule has 1 heterocycles. The smallest absolute Gasteiger partial charge is 0.288 e. The number of rotatable bonds is 5. The molecule has 1 aromatic heterocycles. The summed E-state index contributed by atoms with van der Waals surface area (Å²) in [6.07, 6.45) is 0. The molecule has 0 fully saturated rings. The Morgan fingerprint density at radius 3 is 2.83 bits per heavy atom. The molecule has 18 heavy (non-hydrogen) atoms. The van der Waals surface area contributed by atoms with Crippen molar-refractivity contribution in [2.45, 2.75) is 6.61 Å². The summed E-state index contributed by atoms with van der Waals surface area (Å²) in [6, 6.07) is 7.39. The van der Waals surface area contributed by atoms with Crippen molar-refractivity contribution in [2.24, 2.45) is 0 Å². The van der Waals surface area contributed by atoms with Gasteiger partial charge in [-0.25, -0.2) is 0 Å². The fraction of sp³-hybridized carbons (Fsp3) is 0.308. The minimum Gasteiger partial charge on any atom is -0.451 e. The molecule has 2 rings (SSSR count). The minimum atomic E-state index is -0.290. The van der Waals surface area contributed by atoms with E-state index in [1.165, 1.54) is 7.11 Å². The van der Waals surface area contributed by atoms with Crippen molar-refractivity contribution < 1.29 is 18.7 Å². The van der Waals surface area contributed by atoms with E-state index in [-0.39, 0.29) is 18.4 Å². The van der Waals surface area contributed by atoms with Crippen LogP contribution in [-0.2, 0) is 16.1 Å². The van der Waals surface area contributed by atoms with Crippen LogP contribution in [0.3, 0.4) is 0 Å². The van der Waals surface area contributed by atoms with Crippen LogP contribution in [0, 0.1) is 0 Å². The third-order valence-corrected chi connectivity index (χ3v) is 2.49. The van der Waals surface area contributed by atoms with Crippen LogP contribution < -0.4 is 5.32 Å². The predicted octanol–water partition coefficient (Wildman–Crippen LogP) is 1.91. The lowest BCUT2D eigenvalue weighted by molar-refractivity contribution is 0.0846. The van der Waals surface area contributed by atoms with Crippen LogP contribution >= 0.6 is 0 Å². The molecule has 1 aromatic carbocycles. The Balaban J connectivity index is 2.23. The van der Waals surface area contributed by atoms with E-state index in [4.69, 9.17) is 13.9 Å². The molecule has 0 spiro atoms. The van der Waals surface area contributed by atoms with E-state index in [1.807, 2.05) is 18.2 Å². The third-order valence-electron chi connectivity index (χ3n) is 2.49. The van der Waals surface area contributed by atoms with Gasteiger partial charge in [-0.15, -0.1) is 0 Å². The lowest BCUT2D eigenvalue weighted by Gasteiger charge is -1.99. The summed E-state index contributed by atoms with van der Waals surface area (Å²) in [5, 5.41) is 3.45. The molecule has 5 heteroatoms. The van der Waals surface area contributed by atoms with E-state index in [1.54, 1.807) is 13.2 Å². The van der Waals surface area contributed by atoms with Crippen LogP contribution in [0.1, 0.15) is 16.1 Å². The number of fused-ring (bicyclic) bond motifs is 1.